The maximum atomic E-state index is 13.1. The topological polar surface area (TPSA) is 78.9 Å². The molecule has 0 heterocycles. The highest BCUT2D eigenvalue weighted by atomic mass is 19.1. The first-order chi connectivity index (χ1) is 10.1. The van der Waals surface area contributed by atoms with E-state index in [1.165, 1.54) is 12.1 Å². The molecule has 0 saturated heterocycles. The summed E-state index contributed by atoms with van der Waals surface area (Å²) in [6, 6.07) is 5.68. The van der Waals surface area contributed by atoms with Crippen molar-refractivity contribution in [1.82, 2.24) is 0 Å². The van der Waals surface area contributed by atoms with Gasteiger partial charge in [-0.05, 0) is 31.0 Å². The molecule has 112 valence electrons. The summed E-state index contributed by atoms with van der Waals surface area (Å²) in [5.74, 6) is -0.650. The van der Waals surface area contributed by atoms with E-state index in [0.717, 1.165) is 44.6 Å². The number of halogens is 1. The standard InChI is InChI=1S/C16H20FN3O/c17-13-5-6-14(12(9-13)10-18)20-15(21)16(11-19)7-3-1-2-4-8-16/h5-6,9H,1-4,7-8,11,19H2,(H,20,21). The van der Waals surface area contributed by atoms with Crippen molar-refractivity contribution in [3.05, 3.63) is 29.6 Å². The van der Waals surface area contributed by atoms with Gasteiger partial charge in [0.25, 0.3) is 0 Å². The van der Waals surface area contributed by atoms with Gasteiger partial charge in [-0.25, -0.2) is 4.39 Å². The molecule has 5 heteroatoms. The SMILES string of the molecule is N#Cc1cc(F)ccc1NC(=O)C1(CN)CCCCCC1. The Labute approximate surface area is 124 Å². The normalized spacial score (nSPS) is 17.6. The number of nitrogens with zero attached hydrogens (tertiary/aromatic N) is 1. The second-order valence-corrected chi connectivity index (χ2v) is 5.65. The number of hydrogen-bond acceptors (Lipinski definition) is 3. The van der Waals surface area contributed by atoms with Gasteiger partial charge in [-0.2, -0.15) is 5.26 Å². The number of carbonyl (C=O) groups is 1. The summed E-state index contributed by atoms with van der Waals surface area (Å²) in [4.78, 5) is 12.6. The van der Waals surface area contributed by atoms with E-state index in [1.54, 1.807) is 0 Å². The summed E-state index contributed by atoms with van der Waals surface area (Å²) >= 11 is 0. The molecule has 1 aromatic rings. The zero-order valence-electron chi connectivity index (χ0n) is 12.0. The third-order valence-corrected chi connectivity index (χ3v) is 4.28. The van der Waals surface area contributed by atoms with E-state index >= 15 is 0 Å². The van der Waals surface area contributed by atoms with Gasteiger partial charge in [0.2, 0.25) is 5.91 Å². The predicted molar refractivity (Wildman–Crippen MR) is 78.9 cm³/mol. The number of nitrogens with two attached hydrogens (primary N) is 1. The van der Waals surface area contributed by atoms with E-state index < -0.39 is 11.2 Å². The van der Waals surface area contributed by atoms with Crippen molar-refractivity contribution in [2.45, 2.75) is 38.5 Å². The molecule has 1 fully saturated rings. The zero-order chi connectivity index (χ0) is 15.3. The Kier molecular flexibility index (Phi) is 4.92. The van der Waals surface area contributed by atoms with Gasteiger partial charge in [-0.3, -0.25) is 4.79 Å². The van der Waals surface area contributed by atoms with Crippen LogP contribution in [0, 0.1) is 22.6 Å². The van der Waals surface area contributed by atoms with E-state index in [-0.39, 0.29) is 11.5 Å². The fourth-order valence-electron chi connectivity index (χ4n) is 2.90. The number of anilines is 1. The zero-order valence-corrected chi connectivity index (χ0v) is 12.0. The Hall–Kier alpha value is -1.93. The Morgan fingerprint density at radius 2 is 2.00 bits per heavy atom. The smallest absolute Gasteiger partial charge is 0.231 e. The largest absolute Gasteiger partial charge is 0.329 e. The average Bonchev–Trinajstić information content (AvgIpc) is 2.75. The van der Waals surface area contributed by atoms with Gasteiger partial charge in [0.1, 0.15) is 11.9 Å². The first-order valence-electron chi connectivity index (χ1n) is 7.32. The van der Waals surface area contributed by atoms with E-state index in [4.69, 9.17) is 11.0 Å². The van der Waals surface area contributed by atoms with Gasteiger partial charge in [-0.15, -0.1) is 0 Å². The highest BCUT2D eigenvalue weighted by Crippen LogP contribution is 2.35. The van der Waals surface area contributed by atoms with Crippen LogP contribution in [0.3, 0.4) is 0 Å². The van der Waals surface area contributed by atoms with Crippen LogP contribution in [0.5, 0.6) is 0 Å². The van der Waals surface area contributed by atoms with Crippen molar-refractivity contribution in [3.63, 3.8) is 0 Å². The van der Waals surface area contributed by atoms with E-state index in [0.29, 0.717) is 12.2 Å². The van der Waals surface area contributed by atoms with Crippen LogP contribution in [0.4, 0.5) is 10.1 Å². The molecule has 0 spiro atoms. The molecule has 1 aromatic carbocycles. The van der Waals surface area contributed by atoms with Gasteiger partial charge in [-0.1, -0.05) is 25.7 Å². The quantitative estimate of drug-likeness (QED) is 0.840. The minimum Gasteiger partial charge on any atom is -0.329 e. The lowest BCUT2D eigenvalue weighted by atomic mass is 9.79. The van der Waals surface area contributed by atoms with Gasteiger partial charge in [0.05, 0.1) is 16.7 Å². The Balaban J connectivity index is 2.21. The lowest BCUT2D eigenvalue weighted by Gasteiger charge is -2.30. The van der Waals surface area contributed by atoms with E-state index in [2.05, 4.69) is 5.32 Å². The predicted octanol–water partition coefficient (Wildman–Crippen LogP) is 2.94. The highest BCUT2D eigenvalue weighted by Gasteiger charge is 2.37. The molecule has 0 radical (unpaired) electrons. The fourth-order valence-corrected chi connectivity index (χ4v) is 2.90. The molecule has 1 saturated carbocycles. The highest BCUT2D eigenvalue weighted by molar-refractivity contribution is 5.96. The van der Waals surface area contributed by atoms with Crippen LogP contribution in [-0.2, 0) is 4.79 Å². The van der Waals surface area contributed by atoms with Crippen LogP contribution in [0.25, 0.3) is 0 Å². The molecule has 0 aliphatic heterocycles. The summed E-state index contributed by atoms with van der Waals surface area (Å²) in [6.07, 6.45) is 5.74. The van der Waals surface area contributed by atoms with E-state index in [9.17, 15) is 9.18 Å². The number of nitriles is 1. The lowest BCUT2D eigenvalue weighted by Crippen LogP contribution is -2.42. The molecule has 0 bridgehead atoms. The number of rotatable bonds is 3. The van der Waals surface area contributed by atoms with Crippen LogP contribution < -0.4 is 11.1 Å². The van der Waals surface area contributed by atoms with Crippen molar-refractivity contribution < 1.29 is 9.18 Å². The van der Waals surface area contributed by atoms with Crippen LogP contribution in [-0.4, -0.2) is 12.5 Å². The van der Waals surface area contributed by atoms with Crippen LogP contribution in [0.1, 0.15) is 44.1 Å². The van der Waals surface area contributed by atoms with Crippen molar-refractivity contribution in [2.75, 3.05) is 11.9 Å². The second-order valence-electron chi connectivity index (χ2n) is 5.65. The molecule has 3 N–H and O–H groups in total. The Morgan fingerprint density at radius 3 is 2.57 bits per heavy atom. The second kappa shape index (κ2) is 6.68. The Bertz CT molecular complexity index is 557. The van der Waals surface area contributed by atoms with Crippen molar-refractivity contribution in [1.29, 1.82) is 5.26 Å². The van der Waals surface area contributed by atoms with Crippen LogP contribution in [0.2, 0.25) is 0 Å². The number of hydrogen-bond donors (Lipinski definition) is 2. The van der Waals surface area contributed by atoms with Crippen LogP contribution in [0.15, 0.2) is 18.2 Å². The van der Waals surface area contributed by atoms with Gasteiger partial charge >= 0.3 is 0 Å². The molecule has 0 unspecified atom stereocenters. The molecule has 4 nitrogen and oxygen atoms in total. The summed E-state index contributed by atoms with van der Waals surface area (Å²) in [6.45, 7) is 0.294. The minimum atomic E-state index is -0.572. The molecular formula is C16H20FN3O. The van der Waals surface area contributed by atoms with Crippen molar-refractivity contribution in [3.8, 4) is 6.07 Å². The minimum absolute atomic E-state index is 0.129. The maximum Gasteiger partial charge on any atom is 0.231 e. The Morgan fingerprint density at radius 1 is 1.33 bits per heavy atom. The van der Waals surface area contributed by atoms with Gasteiger partial charge in [0.15, 0.2) is 0 Å². The summed E-state index contributed by atoms with van der Waals surface area (Å²) < 4.78 is 13.1. The first kappa shape index (κ1) is 15.5. The number of nitrogens with one attached hydrogen (secondary N) is 1. The lowest BCUT2D eigenvalue weighted by molar-refractivity contribution is -0.125. The van der Waals surface area contributed by atoms with Crippen molar-refractivity contribution in [2.24, 2.45) is 11.1 Å². The molecule has 1 amide bonds. The summed E-state index contributed by atoms with van der Waals surface area (Å²) in [5, 5.41) is 11.8. The van der Waals surface area contributed by atoms with E-state index in [1.807, 2.05) is 6.07 Å². The molecular weight excluding hydrogens is 269 g/mol. The van der Waals surface area contributed by atoms with Gasteiger partial charge < -0.3 is 11.1 Å². The third kappa shape index (κ3) is 3.40. The fraction of sp³-hybridized carbons (Fsp3) is 0.500. The van der Waals surface area contributed by atoms with Gasteiger partial charge in [0, 0.05) is 6.54 Å². The molecule has 0 atom stereocenters. The third-order valence-electron chi connectivity index (χ3n) is 4.28. The first-order valence-corrected chi connectivity index (χ1v) is 7.32. The monoisotopic (exact) mass is 289 g/mol. The molecule has 0 aromatic heterocycles. The summed E-state index contributed by atoms with van der Waals surface area (Å²) in [7, 11) is 0. The average molecular weight is 289 g/mol. The molecule has 1 aliphatic rings. The van der Waals surface area contributed by atoms with Crippen molar-refractivity contribution >= 4 is 11.6 Å². The number of amides is 1. The molecule has 21 heavy (non-hydrogen) atoms. The molecule has 2 rings (SSSR count). The summed E-state index contributed by atoms with van der Waals surface area (Å²) in [5.41, 5.74) is 5.78. The number of benzene rings is 1. The number of carbonyl (C=O) groups excluding carboxylic acids is 1. The molecule has 1 aliphatic carbocycles. The maximum absolute atomic E-state index is 13.1. The van der Waals surface area contributed by atoms with Crippen LogP contribution >= 0.6 is 0 Å².